The Kier molecular flexibility index (Phi) is 12.7. The standard InChI is InChI=1S/C9H15NO6S.K/c1-2-10(8-11)5-4-9(12)16-6-3-7-17(13,14)15;/h2,8H,1,3-7H2,(H,13,14,15);/q;+1/p-1. The second-order valence-corrected chi connectivity index (χ2v) is 4.64. The third kappa shape index (κ3) is 12.7. The molecule has 0 spiro atoms. The van der Waals surface area contributed by atoms with Crippen molar-refractivity contribution in [3.8, 4) is 0 Å². The zero-order valence-electron chi connectivity index (χ0n) is 10.2. The predicted molar refractivity (Wildman–Crippen MR) is 57.7 cm³/mol. The summed E-state index contributed by atoms with van der Waals surface area (Å²) < 4.78 is 35.3. The Hall–Kier alpha value is 0.226. The third-order valence-electron chi connectivity index (χ3n) is 1.75. The molecule has 0 radical (unpaired) electrons. The average Bonchev–Trinajstić information content (AvgIpc) is 2.24. The molecule has 9 heteroatoms. The molecule has 0 aromatic rings. The van der Waals surface area contributed by atoms with Crippen LogP contribution in [0.15, 0.2) is 12.8 Å². The molecule has 0 aliphatic carbocycles. The summed E-state index contributed by atoms with van der Waals surface area (Å²) in [6, 6.07) is 0. The van der Waals surface area contributed by atoms with E-state index in [1.165, 1.54) is 11.1 Å². The largest absolute Gasteiger partial charge is 1.00 e. The molecule has 0 fully saturated rings. The van der Waals surface area contributed by atoms with Gasteiger partial charge in [0.25, 0.3) is 0 Å². The van der Waals surface area contributed by atoms with Crippen molar-refractivity contribution in [2.45, 2.75) is 12.8 Å². The van der Waals surface area contributed by atoms with Gasteiger partial charge in [0.15, 0.2) is 0 Å². The van der Waals surface area contributed by atoms with Crippen LogP contribution in [0.25, 0.3) is 0 Å². The fraction of sp³-hybridized carbons (Fsp3) is 0.556. The zero-order chi connectivity index (χ0) is 13.3. The molecule has 0 saturated heterocycles. The maximum atomic E-state index is 11.1. The number of esters is 1. The topological polar surface area (TPSA) is 104 Å². The Morgan fingerprint density at radius 2 is 2.06 bits per heavy atom. The molecule has 0 aliphatic heterocycles. The van der Waals surface area contributed by atoms with Crippen LogP contribution in [0.2, 0.25) is 0 Å². The SMILES string of the molecule is C=CN(C=O)CCC(=O)OCCCS(=O)(=O)[O-].[K+]. The summed E-state index contributed by atoms with van der Waals surface area (Å²) in [7, 11) is -4.26. The normalized spacial score (nSPS) is 10.1. The molecule has 0 saturated carbocycles. The van der Waals surface area contributed by atoms with E-state index in [1.54, 1.807) is 0 Å². The third-order valence-corrected chi connectivity index (χ3v) is 2.53. The number of ether oxygens (including phenoxy) is 1. The number of nitrogens with zero attached hydrogens (tertiary/aromatic N) is 1. The van der Waals surface area contributed by atoms with Crippen molar-refractivity contribution in [2.24, 2.45) is 0 Å². The van der Waals surface area contributed by atoms with Crippen molar-refractivity contribution in [1.82, 2.24) is 4.90 Å². The molecule has 0 aromatic heterocycles. The van der Waals surface area contributed by atoms with Crippen LogP contribution in [0, 0.1) is 0 Å². The predicted octanol–water partition coefficient (Wildman–Crippen LogP) is -3.54. The van der Waals surface area contributed by atoms with Crippen molar-refractivity contribution in [3.63, 3.8) is 0 Å². The van der Waals surface area contributed by atoms with Crippen molar-refractivity contribution in [2.75, 3.05) is 18.9 Å². The van der Waals surface area contributed by atoms with Gasteiger partial charge in [0.2, 0.25) is 6.41 Å². The molecule has 98 valence electrons. The summed E-state index contributed by atoms with van der Waals surface area (Å²) in [5, 5.41) is 0. The van der Waals surface area contributed by atoms with Gasteiger partial charge in [-0.1, -0.05) is 6.58 Å². The first kappa shape index (κ1) is 20.5. The van der Waals surface area contributed by atoms with E-state index in [4.69, 9.17) is 0 Å². The van der Waals surface area contributed by atoms with Crippen LogP contribution in [0.1, 0.15) is 12.8 Å². The van der Waals surface area contributed by atoms with E-state index in [0.29, 0.717) is 6.41 Å². The van der Waals surface area contributed by atoms with E-state index in [-0.39, 0.29) is 77.4 Å². The molecule has 0 rings (SSSR count). The fourth-order valence-corrected chi connectivity index (χ4v) is 1.37. The summed E-state index contributed by atoms with van der Waals surface area (Å²) in [4.78, 5) is 22.6. The van der Waals surface area contributed by atoms with Gasteiger partial charge in [-0.15, -0.1) is 0 Å². The molecule has 0 N–H and O–H groups in total. The first-order valence-corrected chi connectivity index (χ1v) is 6.39. The smallest absolute Gasteiger partial charge is 0.748 e. The molecule has 0 heterocycles. The van der Waals surface area contributed by atoms with E-state index in [0.717, 1.165) is 0 Å². The summed E-state index contributed by atoms with van der Waals surface area (Å²) >= 11 is 0. The number of hydrogen-bond donors (Lipinski definition) is 0. The Morgan fingerprint density at radius 1 is 1.44 bits per heavy atom. The van der Waals surface area contributed by atoms with Crippen LogP contribution in [-0.2, 0) is 24.4 Å². The van der Waals surface area contributed by atoms with E-state index < -0.39 is 21.8 Å². The minimum atomic E-state index is -4.26. The van der Waals surface area contributed by atoms with Crippen LogP contribution in [0.4, 0.5) is 0 Å². The molecule has 0 unspecified atom stereocenters. The first-order valence-electron chi connectivity index (χ1n) is 4.82. The number of carbonyl (C=O) groups is 2. The number of amides is 1. The molecular formula is C9H14KNO6S. The number of rotatable bonds is 9. The van der Waals surface area contributed by atoms with Crippen LogP contribution >= 0.6 is 0 Å². The van der Waals surface area contributed by atoms with E-state index in [2.05, 4.69) is 11.3 Å². The van der Waals surface area contributed by atoms with E-state index >= 15 is 0 Å². The van der Waals surface area contributed by atoms with Crippen molar-refractivity contribution < 1.29 is 78.7 Å². The van der Waals surface area contributed by atoms with Crippen molar-refractivity contribution in [3.05, 3.63) is 12.8 Å². The summed E-state index contributed by atoms with van der Waals surface area (Å²) in [6.07, 6.45) is 1.74. The van der Waals surface area contributed by atoms with Crippen LogP contribution < -0.4 is 51.4 Å². The minimum absolute atomic E-state index is 0. The summed E-state index contributed by atoms with van der Waals surface area (Å²) in [5.74, 6) is -1.13. The molecule has 18 heavy (non-hydrogen) atoms. The molecular weight excluding hydrogens is 289 g/mol. The first-order chi connectivity index (χ1) is 7.89. The average molecular weight is 303 g/mol. The fourth-order valence-electron chi connectivity index (χ4n) is 0.901. The number of carbonyl (C=O) groups excluding carboxylic acids is 2. The van der Waals surface area contributed by atoms with Crippen LogP contribution in [-0.4, -0.2) is 49.2 Å². The van der Waals surface area contributed by atoms with Gasteiger partial charge in [0.1, 0.15) is 0 Å². The minimum Gasteiger partial charge on any atom is -0.748 e. The van der Waals surface area contributed by atoms with Gasteiger partial charge in [-0.3, -0.25) is 9.59 Å². The Bertz CT molecular complexity index is 361. The molecule has 0 aliphatic rings. The van der Waals surface area contributed by atoms with Gasteiger partial charge in [0.05, 0.1) is 23.1 Å². The van der Waals surface area contributed by atoms with Gasteiger partial charge >= 0.3 is 57.4 Å². The van der Waals surface area contributed by atoms with Crippen LogP contribution in [0.5, 0.6) is 0 Å². The number of hydrogen-bond acceptors (Lipinski definition) is 6. The zero-order valence-corrected chi connectivity index (χ0v) is 14.1. The second kappa shape index (κ2) is 11.1. The van der Waals surface area contributed by atoms with E-state index in [1.807, 2.05) is 0 Å². The second-order valence-electron chi connectivity index (χ2n) is 3.11. The van der Waals surface area contributed by atoms with Gasteiger partial charge < -0.3 is 14.2 Å². The maximum absolute atomic E-state index is 11.1. The molecule has 0 aromatic carbocycles. The van der Waals surface area contributed by atoms with Crippen molar-refractivity contribution in [1.29, 1.82) is 0 Å². The summed E-state index contributed by atoms with van der Waals surface area (Å²) in [5.41, 5.74) is 0. The Balaban J connectivity index is 0. The van der Waals surface area contributed by atoms with Gasteiger partial charge in [-0.25, -0.2) is 8.42 Å². The Morgan fingerprint density at radius 3 is 2.50 bits per heavy atom. The Labute approximate surface area is 149 Å². The molecule has 1 amide bonds. The van der Waals surface area contributed by atoms with Gasteiger partial charge in [-0.2, -0.15) is 0 Å². The van der Waals surface area contributed by atoms with Crippen molar-refractivity contribution >= 4 is 22.5 Å². The molecule has 0 atom stereocenters. The van der Waals surface area contributed by atoms with Gasteiger partial charge in [-0.05, 0) is 12.6 Å². The summed E-state index contributed by atoms with van der Waals surface area (Å²) in [6.45, 7) is 3.37. The maximum Gasteiger partial charge on any atom is 1.00 e. The molecule has 7 nitrogen and oxygen atoms in total. The van der Waals surface area contributed by atoms with Gasteiger partial charge in [0, 0.05) is 12.3 Å². The monoisotopic (exact) mass is 303 g/mol. The quantitative estimate of drug-likeness (QED) is 0.144. The van der Waals surface area contributed by atoms with E-state index in [9.17, 15) is 22.6 Å². The van der Waals surface area contributed by atoms with Crippen LogP contribution in [0.3, 0.4) is 0 Å². The molecule has 0 bridgehead atoms.